The van der Waals surface area contributed by atoms with E-state index in [1.54, 1.807) is 0 Å². The fourth-order valence-electron chi connectivity index (χ4n) is 1.72. The van der Waals surface area contributed by atoms with Crippen molar-refractivity contribution in [1.82, 2.24) is 0 Å². The highest BCUT2D eigenvalue weighted by Gasteiger charge is 2.12. The molecule has 0 spiro atoms. The van der Waals surface area contributed by atoms with Crippen LogP contribution in [0.15, 0.2) is 24.3 Å². The summed E-state index contributed by atoms with van der Waals surface area (Å²) in [5.41, 5.74) is 0.720. The third-order valence-electron chi connectivity index (χ3n) is 2.56. The zero-order valence-electron chi connectivity index (χ0n) is 11.0. The van der Waals surface area contributed by atoms with E-state index in [-0.39, 0.29) is 11.9 Å². The zero-order valence-corrected chi connectivity index (χ0v) is 11.0. The van der Waals surface area contributed by atoms with Gasteiger partial charge in [0.05, 0.1) is 11.7 Å². The fraction of sp³-hybridized carbons (Fsp3) is 0.533. The Bertz CT molecular complexity index is 356. The monoisotopic (exact) mass is 234 g/mol. The average molecular weight is 234 g/mol. The van der Waals surface area contributed by atoms with Crippen molar-refractivity contribution < 1.29 is 9.53 Å². The van der Waals surface area contributed by atoms with Crippen LogP contribution < -0.4 is 4.74 Å². The van der Waals surface area contributed by atoms with Crippen molar-refractivity contribution >= 4 is 5.78 Å². The number of para-hydroxylation sites is 1. The van der Waals surface area contributed by atoms with Crippen LogP contribution in [0.25, 0.3) is 0 Å². The van der Waals surface area contributed by atoms with Crippen molar-refractivity contribution in [2.24, 2.45) is 0 Å². The summed E-state index contributed by atoms with van der Waals surface area (Å²) in [4.78, 5) is 12.0. The minimum Gasteiger partial charge on any atom is -0.490 e. The van der Waals surface area contributed by atoms with Gasteiger partial charge in [0.25, 0.3) is 0 Å². The Morgan fingerprint density at radius 3 is 2.59 bits per heavy atom. The standard InChI is InChI=1S/C15H22O2/c1-4-5-6-10-14(16)13-9-7-8-11-15(13)17-12(2)3/h7-9,11-12H,4-6,10H2,1-3H3. The molecule has 0 saturated carbocycles. The topological polar surface area (TPSA) is 26.3 Å². The van der Waals surface area contributed by atoms with Gasteiger partial charge in [-0.15, -0.1) is 0 Å². The molecule has 0 aliphatic rings. The van der Waals surface area contributed by atoms with E-state index in [0.717, 1.165) is 24.8 Å². The summed E-state index contributed by atoms with van der Waals surface area (Å²) < 4.78 is 5.65. The van der Waals surface area contributed by atoms with Gasteiger partial charge in [0.2, 0.25) is 0 Å². The Kier molecular flexibility index (Phi) is 5.75. The summed E-state index contributed by atoms with van der Waals surface area (Å²) in [6, 6.07) is 7.51. The number of unbranched alkanes of at least 4 members (excludes halogenated alkanes) is 2. The maximum absolute atomic E-state index is 12.0. The van der Waals surface area contributed by atoms with Crippen LogP contribution in [0.3, 0.4) is 0 Å². The number of carbonyl (C=O) groups is 1. The molecule has 0 aliphatic heterocycles. The van der Waals surface area contributed by atoms with Gasteiger partial charge in [0.15, 0.2) is 5.78 Å². The maximum Gasteiger partial charge on any atom is 0.166 e. The SMILES string of the molecule is CCCCCC(=O)c1ccccc1OC(C)C. The first-order valence-corrected chi connectivity index (χ1v) is 6.44. The van der Waals surface area contributed by atoms with E-state index in [1.165, 1.54) is 0 Å². The summed E-state index contributed by atoms with van der Waals surface area (Å²) in [5.74, 6) is 0.902. The van der Waals surface area contributed by atoms with Gasteiger partial charge in [-0.05, 0) is 32.4 Å². The summed E-state index contributed by atoms with van der Waals surface area (Å²) in [7, 11) is 0. The van der Waals surface area contributed by atoms with Crippen molar-refractivity contribution in [2.75, 3.05) is 0 Å². The Balaban J connectivity index is 2.71. The molecular weight excluding hydrogens is 212 g/mol. The van der Waals surface area contributed by atoms with E-state index in [0.29, 0.717) is 12.2 Å². The molecule has 0 fully saturated rings. The van der Waals surface area contributed by atoms with Crippen molar-refractivity contribution in [1.29, 1.82) is 0 Å². The molecule has 94 valence electrons. The van der Waals surface area contributed by atoms with Crippen LogP contribution in [0.4, 0.5) is 0 Å². The Labute approximate surface area is 104 Å². The number of ketones is 1. The molecule has 0 radical (unpaired) electrons. The Morgan fingerprint density at radius 2 is 1.94 bits per heavy atom. The molecule has 0 atom stereocenters. The first-order chi connectivity index (χ1) is 8.15. The van der Waals surface area contributed by atoms with Crippen LogP contribution in [0.5, 0.6) is 5.75 Å². The number of carbonyl (C=O) groups excluding carboxylic acids is 1. The molecule has 0 amide bonds. The molecule has 0 heterocycles. The number of ether oxygens (including phenoxy) is 1. The summed E-state index contributed by atoms with van der Waals surface area (Å²) in [6.07, 6.45) is 3.92. The highest BCUT2D eigenvalue weighted by atomic mass is 16.5. The van der Waals surface area contributed by atoms with Gasteiger partial charge in [-0.3, -0.25) is 4.79 Å². The van der Waals surface area contributed by atoms with E-state index in [4.69, 9.17) is 4.74 Å². The number of benzene rings is 1. The maximum atomic E-state index is 12.0. The molecule has 2 nitrogen and oxygen atoms in total. The second kappa shape index (κ2) is 7.10. The van der Waals surface area contributed by atoms with Crippen LogP contribution in [0, 0.1) is 0 Å². The fourth-order valence-corrected chi connectivity index (χ4v) is 1.72. The van der Waals surface area contributed by atoms with Crippen LogP contribution in [-0.2, 0) is 0 Å². The van der Waals surface area contributed by atoms with Gasteiger partial charge in [-0.2, -0.15) is 0 Å². The normalized spacial score (nSPS) is 10.6. The second-order valence-electron chi connectivity index (χ2n) is 4.54. The first kappa shape index (κ1) is 13.8. The molecule has 0 N–H and O–H groups in total. The largest absolute Gasteiger partial charge is 0.490 e. The van der Waals surface area contributed by atoms with Crippen molar-refractivity contribution in [3.63, 3.8) is 0 Å². The van der Waals surface area contributed by atoms with Crippen LogP contribution >= 0.6 is 0 Å². The van der Waals surface area contributed by atoms with Gasteiger partial charge in [0, 0.05) is 6.42 Å². The lowest BCUT2D eigenvalue weighted by Crippen LogP contribution is -2.10. The zero-order chi connectivity index (χ0) is 12.7. The predicted molar refractivity (Wildman–Crippen MR) is 70.7 cm³/mol. The van der Waals surface area contributed by atoms with Crippen LogP contribution in [-0.4, -0.2) is 11.9 Å². The number of hydrogen-bond donors (Lipinski definition) is 0. The highest BCUT2D eigenvalue weighted by Crippen LogP contribution is 2.21. The molecule has 0 aliphatic carbocycles. The average Bonchev–Trinajstić information content (AvgIpc) is 2.29. The molecule has 0 aromatic heterocycles. The molecule has 1 aromatic rings. The number of hydrogen-bond acceptors (Lipinski definition) is 2. The van der Waals surface area contributed by atoms with Gasteiger partial charge >= 0.3 is 0 Å². The van der Waals surface area contributed by atoms with E-state index in [1.807, 2.05) is 38.1 Å². The molecule has 17 heavy (non-hydrogen) atoms. The molecule has 1 rings (SSSR count). The second-order valence-corrected chi connectivity index (χ2v) is 4.54. The highest BCUT2D eigenvalue weighted by molar-refractivity contribution is 5.98. The van der Waals surface area contributed by atoms with E-state index in [9.17, 15) is 4.79 Å². The van der Waals surface area contributed by atoms with Crippen LogP contribution in [0.1, 0.15) is 56.8 Å². The summed E-state index contributed by atoms with van der Waals surface area (Å²) >= 11 is 0. The quantitative estimate of drug-likeness (QED) is 0.521. The summed E-state index contributed by atoms with van der Waals surface area (Å²) in [5, 5.41) is 0. The lowest BCUT2D eigenvalue weighted by atomic mass is 10.0. The smallest absolute Gasteiger partial charge is 0.166 e. The van der Waals surface area contributed by atoms with Gasteiger partial charge < -0.3 is 4.74 Å². The third kappa shape index (κ3) is 4.59. The van der Waals surface area contributed by atoms with Crippen molar-refractivity contribution in [3.05, 3.63) is 29.8 Å². The summed E-state index contributed by atoms with van der Waals surface area (Å²) in [6.45, 7) is 6.08. The van der Waals surface area contributed by atoms with Crippen molar-refractivity contribution in [2.45, 2.75) is 52.6 Å². The van der Waals surface area contributed by atoms with Crippen molar-refractivity contribution in [3.8, 4) is 5.75 Å². The Hall–Kier alpha value is -1.31. The molecule has 1 aromatic carbocycles. The van der Waals surface area contributed by atoms with E-state index in [2.05, 4.69) is 6.92 Å². The molecule has 0 bridgehead atoms. The molecule has 2 heteroatoms. The molecule has 0 unspecified atom stereocenters. The third-order valence-corrected chi connectivity index (χ3v) is 2.56. The molecule has 0 saturated heterocycles. The lowest BCUT2D eigenvalue weighted by molar-refractivity contribution is 0.0973. The lowest BCUT2D eigenvalue weighted by Gasteiger charge is -2.13. The minimum atomic E-state index is 0.0968. The van der Waals surface area contributed by atoms with Gasteiger partial charge in [0.1, 0.15) is 5.75 Å². The van der Waals surface area contributed by atoms with Gasteiger partial charge in [-0.25, -0.2) is 0 Å². The number of Topliss-reactive ketones (excluding diaryl/α,β-unsaturated/α-hetero) is 1. The van der Waals surface area contributed by atoms with E-state index >= 15 is 0 Å². The Morgan fingerprint density at radius 1 is 1.24 bits per heavy atom. The first-order valence-electron chi connectivity index (χ1n) is 6.44. The predicted octanol–water partition coefficient (Wildman–Crippen LogP) is 4.24. The van der Waals surface area contributed by atoms with Crippen LogP contribution in [0.2, 0.25) is 0 Å². The molecular formula is C15H22O2. The number of rotatable bonds is 7. The minimum absolute atomic E-state index is 0.0968. The van der Waals surface area contributed by atoms with Gasteiger partial charge in [-0.1, -0.05) is 31.9 Å². The van der Waals surface area contributed by atoms with E-state index < -0.39 is 0 Å².